The van der Waals surface area contributed by atoms with Gasteiger partial charge in [0, 0.05) is 23.7 Å². The number of nitrogens with zero attached hydrogens (tertiary/aromatic N) is 5. The Morgan fingerprint density at radius 2 is 1.68 bits per heavy atom. The van der Waals surface area contributed by atoms with Crippen molar-refractivity contribution in [2.75, 3.05) is 0 Å². The molecule has 0 unspecified atom stereocenters. The molecule has 6 nitrogen and oxygen atoms in total. The minimum Gasteiger partial charge on any atom is -0.283 e. The van der Waals surface area contributed by atoms with E-state index in [9.17, 15) is 4.79 Å². The minimum atomic E-state index is -0.152. The summed E-state index contributed by atoms with van der Waals surface area (Å²) in [6, 6.07) is 24.3. The van der Waals surface area contributed by atoms with Crippen LogP contribution in [0.5, 0.6) is 0 Å². The van der Waals surface area contributed by atoms with Gasteiger partial charge in [-0.2, -0.15) is 5.10 Å². The molecule has 0 saturated carbocycles. The van der Waals surface area contributed by atoms with Crippen LogP contribution in [0.15, 0.2) is 93.1 Å². The summed E-state index contributed by atoms with van der Waals surface area (Å²) in [6.07, 6.45) is 0.877. The summed E-state index contributed by atoms with van der Waals surface area (Å²) in [7, 11) is 1.89. The minimum absolute atomic E-state index is 0.152. The van der Waals surface area contributed by atoms with E-state index in [1.165, 1.54) is 16.7 Å². The van der Waals surface area contributed by atoms with Crippen LogP contribution in [0.3, 0.4) is 0 Å². The van der Waals surface area contributed by atoms with Crippen molar-refractivity contribution in [3.05, 3.63) is 99.0 Å². The molecule has 2 heterocycles. The fourth-order valence-corrected chi connectivity index (χ4v) is 5.52. The lowest BCUT2D eigenvalue weighted by Gasteiger charge is -2.10. The highest BCUT2D eigenvalue weighted by Gasteiger charge is 2.17. The Balaban J connectivity index is 1.75. The van der Waals surface area contributed by atoms with Crippen molar-refractivity contribution in [1.29, 1.82) is 0 Å². The van der Waals surface area contributed by atoms with Gasteiger partial charge in [0.25, 0.3) is 5.56 Å². The van der Waals surface area contributed by atoms with Crippen molar-refractivity contribution in [1.82, 2.24) is 14.0 Å². The van der Waals surface area contributed by atoms with Crippen LogP contribution in [0.1, 0.15) is 32.9 Å². The summed E-state index contributed by atoms with van der Waals surface area (Å²) in [6.45, 7) is 8.36. The second-order valence-corrected chi connectivity index (χ2v) is 10.5. The van der Waals surface area contributed by atoms with E-state index in [0.717, 1.165) is 40.2 Å². The molecular weight excluding hydrogens is 478 g/mol. The van der Waals surface area contributed by atoms with Crippen molar-refractivity contribution in [2.24, 2.45) is 23.1 Å². The van der Waals surface area contributed by atoms with Crippen LogP contribution in [0.25, 0.3) is 27.7 Å². The van der Waals surface area contributed by atoms with Crippen LogP contribution >= 0.6 is 11.3 Å². The second-order valence-electron chi connectivity index (χ2n) is 9.70. The lowest BCUT2D eigenvalue weighted by molar-refractivity contribution is 0.630. The van der Waals surface area contributed by atoms with E-state index in [2.05, 4.69) is 68.6 Å². The highest BCUT2D eigenvalue weighted by Crippen LogP contribution is 2.29. The summed E-state index contributed by atoms with van der Waals surface area (Å²) in [5, 5.41) is 9.43. The van der Waals surface area contributed by atoms with Gasteiger partial charge in [0.15, 0.2) is 5.69 Å². The van der Waals surface area contributed by atoms with Crippen LogP contribution in [-0.2, 0) is 7.05 Å². The Morgan fingerprint density at radius 1 is 0.973 bits per heavy atom. The third kappa shape index (κ3) is 4.74. The van der Waals surface area contributed by atoms with Gasteiger partial charge >= 0.3 is 0 Å². The third-order valence-corrected chi connectivity index (χ3v) is 7.27. The van der Waals surface area contributed by atoms with Crippen molar-refractivity contribution < 1.29 is 0 Å². The smallest absolute Gasteiger partial charge is 0.283 e. The zero-order chi connectivity index (χ0) is 26.1. The average molecular weight is 510 g/mol. The first-order chi connectivity index (χ1) is 17.8. The first-order valence-corrected chi connectivity index (χ1v) is 13.3. The number of fused-ring (bicyclic) bond motifs is 1. The molecule has 0 bridgehead atoms. The summed E-state index contributed by atoms with van der Waals surface area (Å²) in [5.41, 5.74) is 4.93. The zero-order valence-electron chi connectivity index (χ0n) is 21.8. The first-order valence-electron chi connectivity index (χ1n) is 12.5. The van der Waals surface area contributed by atoms with Crippen LogP contribution in [0.4, 0.5) is 5.69 Å². The largest absolute Gasteiger partial charge is 0.297 e. The van der Waals surface area contributed by atoms with E-state index in [1.54, 1.807) is 4.68 Å². The monoisotopic (exact) mass is 509 g/mol. The van der Waals surface area contributed by atoms with Gasteiger partial charge in [0.2, 0.25) is 4.80 Å². The highest BCUT2D eigenvalue weighted by atomic mass is 32.1. The van der Waals surface area contributed by atoms with Crippen LogP contribution in [0.2, 0.25) is 0 Å². The van der Waals surface area contributed by atoms with Crippen LogP contribution in [-0.4, -0.2) is 19.8 Å². The number of aromatic nitrogens is 3. The van der Waals surface area contributed by atoms with Crippen molar-refractivity contribution in [2.45, 2.75) is 34.1 Å². The molecule has 0 fully saturated rings. The van der Waals surface area contributed by atoms with Gasteiger partial charge < -0.3 is 0 Å². The fraction of sp³-hybridized carbons (Fsp3) is 0.233. The maximum atomic E-state index is 13.6. The maximum absolute atomic E-state index is 13.6. The van der Waals surface area contributed by atoms with E-state index in [1.807, 2.05) is 53.7 Å². The Morgan fingerprint density at radius 3 is 2.43 bits per heavy atom. The van der Waals surface area contributed by atoms with Gasteiger partial charge in [-0.15, -0.1) is 11.3 Å². The Hall–Kier alpha value is -3.97. The molecule has 0 aliphatic heterocycles. The summed E-state index contributed by atoms with van der Waals surface area (Å²) in [5.74, 6) is 0.485. The Kier molecular flexibility index (Phi) is 6.80. The van der Waals surface area contributed by atoms with Gasteiger partial charge in [0.05, 0.1) is 17.1 Å². The van der Waals surface area contributed by atoms with Crippen LogP contribution < -0.4 is 10.4 Å². The number of thiazole rings is 1. The topological polar surface area (TPSA) is 56.6 Å². The van der Waals surface area contributed by atoms with Crippen molar-refractivity contribution in [3.63, 3.8) is 0 Å². The van der Waals surface area contributed by atoms with Crippen molar-refractivity contribution >= 4 is 33.5 Å². The first kappa shape index (κ1) is 24.7. The quantitative estimate of drug-likeness (QED) is 0.236. The summed E-state index contributed by atoms with van der Waals surface area (Å²) in [4.78, 5) is 19.1. The fourth-order valence-electron chi connectivity index (χ4n) is 4.69. The van der Waals surface area contributed by atoms with Gasteiger partial charge in [-0.1, -0.05) is 74.5 Å². The van der Waals surface area contributed by atoms with Gasteiger partial charge in [-0.05, 0) is 49.1 Å². The van der Waals surface area contributed by atoms with Gasteiger partial charge in [-0.3, -0.25) is 9.48 Å². The van der Waals surface area contributed by atoms with Gasteiger partial charge in [0.1, 0.15) is 0 Å². The number of benzene rings is 3. The summed E-state index contributed by atoms with van der Waals surface area (Å²) < 4.78 is 5.42. The molecule has 0 spiro atoms. The zero-order valence-corrected chi connectivity index (χ0v) is 22.7. The molecule has 5 aromatic rings. The molecule has 0 radical (unpaired) electrons. The lowest BCUT2D eigenvalue weighted by Crippen LogP contribution is -2.20. The molecule has 0 saturated heterocycles. The third-order valence-electron chi connectivity index (χ3n) is 6.46. The molecule has 3 aromatic carbocycles. The summed E-state index contributed by atoms with van der Waals surface area (Å²) >= 11 is 1.50. The van der Waals surface area contributed by atoms with Crippen LogP contribution in [0, 0.1) is 12.8 Å². The normalized spacial score (nSPS) is 12.7. The predicted molar refractivity (Wildman–Crippen MR) is 154 cm³/mol. The lowest BCUT2D eigenvalue weighted by atomic mass is 10.0. The molecule has 188 valence electrons. The van der Waals surface area contributed by atoms with E-state index >= 15 is 0 Å². The molecule has 0 N–H and O–H groups in total. The highest BCUT2D eigenvalue weighted by molar-refractivity contribution is 7.07. The second kappa shape index (κ2) is 10.2. The molecule has 7 heteroatoms. The molecule has 0 aliphatic rings. The maximum Gasteiger partial charge on any atom is 0.297 e. The van der Waals surface area contributed by atoms with Crippen molar-refractivity contribution in [3.8, 4) is 16.9 Å². The number of hydrogen-bond acceptors (Lipinski definition) is 4. The van der Waals surface area contributed by atoms with E-state index < -0.39 is 0 Å². The SMILES string of the molecule is CC(CC(C)C)=Nn1c(-c2cccc3ccccc23)csc1=Nc1c(C)n(C)n(-c2ccccc2)c1=O. The molecule has 0 aliphatic carbocycles. The van der Waals surface area contributed by atoms with E-state index in [4.69, 9.17) is 10.1 Å². The molecule has 37 heavy (non-hydrogen) atoms. The molecule has 5 rings (SSSR count). The average Bonchev–Trinajstić information content (AvgIpc) is 3.36. The molecular formula is C30H31N5OS. The Bertz CT molecular complexity index is 1730. The Labute approximate surface area is 220 Å². The van der Waals surface area contributed by atoms with Gasteiger partial charge in [-0.25, -0.2) is 14.4 Å². The number of hydrogen-bond donors (Lipinski definition) is 0. The standard InChI is InChI=1S/C30H31N5OS/c1-20(2)18-21(3)32-34-27(26-17-11-13-23-12-9-10-16-25(23)26)19-37-30(34)31-28-22(4)33(5)35(29(28)36)24-14-7-6-8-15-24/h6-17,19-20H,18H2,1-5H3. The molecule has 0 amide bonds. The van der Waals surface area contributed by atoms with E-state index in [0.29, 0.717) is 16.4 Å². The van der Waals surface area contributed by atoms with E-state index in [-0.39, 0.29) is 5.56 Å². The number of rotatable bonds is 6. The molecule has 0 atom stereocenters. The predicted octanol–water partition coefficient (Wildman–Crippen LogP) is 6.67. The number of para-hydroxylation sites is 1. The molecule has 2 aromatic heterocycles.